The molecule has 0 amide bonds. The summed E-state index contributed by atoms with van der Waals surface area (Å²) in [5, 5.41) is 11.5. The van der Waals surface area contributed by atoms with E-state index in [-0.39, 0.29) is 0 Å². The van der Waals surface area contributed by atoms with Crippen molar-refractivity contribution in [3.63, 3.8) is 0 Å². The highest BCUT2D eigenvalue weighted by atomic mass is 32.1. The van der Waals surface area contributed by atoms with E-state index in [1.807, 2.05) is 6.33 Å². The van der Waals surface area contributed by atoms with E-state index in [1.54, 1.807) is 11.3 Å². The first-order chi connectivity index (χ1) is 9.38. The number of aromatic nitrogens is 4. The molecule has 0 atom stereocenters. The molecule has 1 fully saturated rings. The number of nitrogens with two attached hydrogens (primary N) is 1. The summed E-state index contributed by atoms with van der Waals surface area (Å²) in [6.07, 6.45) is 9.10. The molecule has 0 saturated heterocycles. The first kappa shape index (κ1) is 12.7. The maximum Gasteiger partial charge on any atom is 0.183 e. The average molecular weight is 277 g/mol. The third-order valence-corrected chi connectivity index (χ3v) is 4.59. The van der Waals surface area contributed by atoms with E-state index in [0.29, 0.717) is 12.6 Å². The van der Waals surface area contributed by atoms with E-state index < -0.39 is 0 Å². The zero-order valence-electron chi connectivity index (χ0n) is 11.0. The number of rotatable bonds is 4. The molecular formula is C13H19N5S. The van der Waals surface area contributed by atoms with Crippen molar-refractivity contribution in [2.75, 3.05) is 6.54 Å². The van der Waals surface area contributed by atoms with Crippen LogP contribution >= 0.6 is 11.3 Å². The standard InChI is InChI=1S/C13H19N5S/c14-7-6-12-16-11(8-19-12)13-17-15-9-18(13)10-4-2-1-3-5-10/h8-10H,1-7,14H2. The lowest BCUT2D eigenvalue weighted by atomic mass is 9.95. The van der Waals surface area contributed by atoms with Gasteiger partial charge in [0.25, 0.3) is 0 Å². The van der Waals surface area contributed by atoms with Crippen molar-refractivity contribution >= 4 is 11.3 Å². The van der Waals surface area contributed by atoms with Gasteiger partial charge in [0.15, 0.2) is 5.82 Å². The summed E-state index contributed by atoms with van der Waals surface area (Å²) >= 11 is 1.66. The minimum atomic E-state index is 0.540. The maximum absolute atomic E-state index is 5.57. The Morgan fingerprint density at radius 1 is 1.32 bits per heavy atom. The van der Waals surface area contributed by atoms with E-state index in [1.165, 1.54) is 32.1 Å². The Labute approximate surface area is 116 Å². The summed E-state index contributed by atoms with van der Waals surface area (Å²) in [5.41, 5.74) is 6.51. The second-order valence-corrected chi connectivity index (χ2v) is 5.96. The van der Waals surface area contributed by atoms with Crippen molar-refractivity contribution in [2.45, 2.75) is 44.6 Å². The molecule has 5 nitrogen and oxygen atoms in total. The Balaban J connectivity index is 1.85. The Hall–Kier alpha value is -1.27. The lowest BCUT2D eigenvalue weighted by Gasteiger charge is -2.23. The highest BCUT2D eigenvalue weighted by molar-refractivity contribution is 7.09. The van der Waals surface area contributed by atoms with E-state index in [2.05, 4.69) is 25.1 Å². The van der Waals surface area contributed by atoms with Gasteiger partial charge >= 0.3 is 0 Å². The third kappa shape index (κ3) is 2.69. The molecule has 2 heterocycles. The van der Waals surface area contributed by atoms with Crippen LogP contribution in [0.15, 0.2) is 11.7 Å². The summed E-state index contributed by atoms with van der Waals surface area (Å²) in [5.74, 6) is 0.909. The van der Waals surface area contributed by atoms with Crippen molar-refractivity contribution in [1.82, 2.24) is 19.7 Å². The molecule has 0 bridgehead atoms. The molecule has 19 heavy (non-hydrogen) atoms. The van der Waals surface area contributed by atoms with Crippen molar-refractivity contribution in [3.05, 3.63) is 16.7 Å². The van der Waals surface area contributed by atoms with Gasteiger partial charge in [-0.1, -0.05) is 19.3 Å². The summed E-state index contributed by atoms with van der Waals surface area (Å²) < 4.78 is 2.21. The van der Waals surface area contributed by atoms with Crippen molar-refractivity contribution in [3.8, 4) is 11.5 Å². The molecule has 0 aliphatic heterocycles. The van der Waals surface area contributed by atoms with Gasteiger partial charge in [-0.25, -0.2) is 4.98 Å². The molecule has 3 rings (SSSR count). The fourth-order valence-electron chi connectivity index (χ4n) is 2.70. The lowest BCUT2D eigenvalue weighted by molar-refractivity contribution is 0.355. The summed E-state index contributed by atoms with van der Waals surface area (Å²) in [7, 11) is 0. The molecule has 102 valence electrons. The quantitative estimate of drug-likeness (QED) is 0.931. The van der Waals surface area contributed by atoms with E-state index in [4.69, 9.17) is 5.73 Å². The molecule has 6 heteroatoms. The van der Waals surface area contributed by atoms with Gasteiger partial charge in [-0.2, -0.15) is 0 Å². The summed E-state index contributed by atoms with van der Waals surface area (Å²) in [6.45, 7) is 0.641. The van der Waals surface area contributed by atoms with Gasteiger partial charge in [-0.3, -0.25) is 0 Å². The fraction of sp³-hybridized carbons (Fsp3) is 0.615. The second-order valence-electron chi connectivity index (χ2n) is 5.02. The lowest BCUT2D eigenvalue weighted by Crippen LogP contribution is -2.13. The van der Waals surface area contributed by atoms with Crippen LogP contribution in [-0.4, -0.2) is 26.3 Å². The normalized spacial score (nSPS) is 16.9. The molecule has 1 aliphatic carbocycles. The van der Waals surface area contributed by atoms with Gasteiger partial charge in [0.1, 0.15) is 12.0 Å². The van der Waals surface area contributed by atoms with Crippen LogP contribution in [0.4, 0.5) is 0 Å². The largest absolute Gasteiger partial charge is 0.330 e. The molecule has 2 aromatic heterocycles. The van der Waals surface area contributed by atoms with Crippen LogP contribution in [-0.2, 0) is 6.42 Å². The minimum absolute atomic E-state index is 0.540. The van der Waals surface area contributed by atoms with Gasteiger partial charge in [0.2, 0.25) is 0 Å². The van der Waals surface area contributed by atoms with Crippen LogP contribution in [0.25, 0.3) is 11.5 Å². The summed E-state index contributed by atoms with van der Waals surface area (Å²) in [4.78, 5) is 4.61. The smallest absolute Gasteiger partial charge is 0.183 e. The number of hydrogen-bond donors (Lipinski definition) is 1. The highest BCUT2D eigenvalue weighted by Gasteiger charge is 2.20. The van der Waals surface area contributed by atoms with E-state index in [9.17, 15) is 0 Å². The van der Waals surface area contributed by atoms with Crippen LogP contribution in [0.3, 0.4) is 0 Å². The van der Waals surface area contributed by atoms with Crippen LogP contribution in [0, 0.1) is 0 Å². The van der Waals surface area contributed by atoms with Crippen molar-refractivity contribution < 1.29 is 0 Å². The van der Waals surface area contributed by atoms with Gasteiger partial charge in [0, 0.05) is 17.8 Å². The van der Waals surface area contributed by atoms with Crippen molar-refractivity contribution in [1.29, 1.82) is 0 Å². The van der Waals surface area contributed by atoms with Gasteiger partial charge in [-0.05, 0) is 19.4 Å². The second kappa shape index (κ2) is 5.79. The van der Waals surface area contributed by atoms with Crippen LogP contribution < -0.4 is 5.73 Å². The molecular weight excluding hydrogens is 258 g/mol. The Bertz CT molecular complexity index is 527. The van der Waals surface area contributed by atoms with E-state index >= 15 is 0 Å². The monoisotopic (exact) mass is 277 g/mol. The van der Waals surface area contributed by atoms with Crippen molar-refractivity contribution in [2.24, 2.45) is 5.73 Å². The Kier molecular flexibility index (Phi) is 3.89. The SMILES string of the molecule is NCCc1nc(-c2nncn2C2CCCCC2)cs1. The highest BCUT2D eigenvalue weighted by Crippen LogP contribution is 2.31. The number of hydrogen-bond acceptors (Lipinski definition) is 5. The zero-order chi connectivity index (χ0) is 13.1. The minimum Gasteiger partial charge on any atom is -0.330 e. The Morgan fingerprint density at radius 2 is 2.16 bits per heavy atom. The number of nitrogens with zero attached hydrogens (tertiary/aromatic N) is 4. The number of thiazole rings is 1. The van der Waals surface area contributed by atoms with E-state index in [0.717, 1.165) is 22.9 Å². The molecule has 0 unspecified atom stereocenters. The zero-order valence-corrected chi connectivity index (χ0v) is 11.8. The van der Waals surface area contributed by atoms with Crippen LogP contribution in [0.2, 0.25) is 0 Å². The molecule has 0 spiro atoms. The molecule has 0 radical (unpaired) electrons. The fourth-order valence-corrected chi connectivity index (χ4v) is 3.50. The van der Waals surface area contributed by atoms with Gasteiger partial charge in [-0.15, -0.1) is 21.5 Å². The van der Waals surface area contributed by atoms with Gasteiger partial charge in [0.05, 0.1) is 5.01 Å². The first-order valence-corrected chi connectivity index (χ1v) is 7.81. The Morgan fingerprint density at radius 3 is 2.95 bits per heavy atom. The first-order valence-electron chi connectivity index (χ1n) is 6.93. The molecule has 1 aliphatic rings. The molecule has 2 N–H and O–H groups in total. The molecule has 1 saturated carbocycles. The summed E-state index contributed by atoms with van der Waals surface area (Å²) in [6, 6.07) is 0.540. The average Bonchev–Trinajstić information content (AvgIpc) is 3.08. The van der Waals surface area contributed by atoms with Crippen LogP contribution in [0.5, 0.6) is 0 Å². The predicted octanol–water partition coefficient (Wildman–Crippen LogP) is 2.41. The third-order valence-electron chi connectivity index (χ3n) is 3.68. The van der Waals surface area contributed by atoms with Crippen LogP contribution in [0.1, 0.15) is 43.2 Å². The molecule has 0 aromatic carbocycles. The predicted molar refractivity (Wildman–Crippen MR) is 76.0 cm³/mol. The maximum atomic E-state index is 5.57. The topological polar surface area (TPSA) is 69.6 Å². The van der Waals surface area contributed by atoms with Gasteiger partial charge < -0.3 is 10.3 Å². The molecule has 2 aromatic rings.